The second-order valence-corrected chi connectivity index (χ2v) is 9.21. The van der Waals surface area contributed by atoms with Crippen molar-refractivity contribution in [2.45, 2.75) is 11.8 Å². The molecule has 0 fully saturated rings. The fraction of sp³-hybridized carbons (Fsp3) is 0.238. The van der Waals surface area contributed by atoms with Crippen LogP contribution in [0.2, 0.25) is 0 Å². The lowest BCUT2D eigenvalue weighted by Gasteiger charge is -2.13. The van der Waals surface area contributed by atoms with E-state index < -0.39 is 10.0 Å². The molecule has 0 atom stereocenters. The maximum atomic E-state index is 12.5. The molecule has 3 heterocycles. The molecule has 166 valence electrons. The number of benzene rings is 1. The third-order valence-electron chi connectivity index (χ3n) is 4.79. The van der Waals surface area contributed by atoms with E-state index in [1.165, 1.54) is 18.5 Å². The van der Waals surface area contributed by atoms with E-state index in [1.807, 2.05) is 21.0 Å². The van der Waals surface area contributed by atoms with Crippen molar-refractivity contribution in [1.82, 2.24) is 30.0 Å². The SMILES string of the molecule is Cc1n[nH]c2nc(-c3ccc(NS(=O)(=O)c4cccnc4)cc3)nc(NCCN(C)C)c12. The van der Waals surface area contributed by atoms with Crippen molar-refractivity contribution in [3.05, 3.63) is 54.5 Å². The number of hydrogen-bond donors (Lipinski definition) is 3. The standard InChI is InChI=1S/C21H24N8O2S/c1-14-18-20(23-11-12-29(2)3)24-19(25-21(18)27-26-14)15-6-8-16(9-7-15)28-32(30,31)17-5-4-10-22-13-17/h4-10,13,28H,11-12H2,1-3H3,(H2,23,24,25,26,27). The van der Waals surface area contributed by atoms with Crippen LogP contribution in [-0.4, -0.2) is 65.7 Å². The summed E-state index contributed by atoms with van der Waals surface area (Å²) in [5, 5.41) is 11.4. The molecule has 1 aromatic carbocycles. The molecule has 32 heavy (non-hydrogen) atoms. The van der Waals surface area contributed by atoms with Gasteiger partial charge in [-0.1, -0.05) is 0 Å². The molecule has 4 rings (SSSR count). The minimum absolute atomic E-state index is 0.0981. The van der Waals surface area contributed by atoms with Gasteiger partial charge in [0.15, 0.2) is 11.5 Å². The van der Waals surface area contributed by atoms with Crippen molar-refractivity contribution in [2.24, 2.45) is 0 Å². The molecule has 10 nitrogen and oxygen atoms in total. The van der Waals surface area contributed by atoms with E-state index in [-0.39, 0.29) is 4.90 Å². The quantitative estimate of drug-likeness (QED) is 0.372. The summed E-state index contributed by atoms with van der Waals surface area (Å²) in [6.45, 7) is 3.48. The van der Waals surface area contributed by atoms with Gasteiger partial charge < -0.3 is 10.2 Å². The van der Waals surface area contributed by atoms with Gasteiger partial charge in [0, 0.05) is 36.7 Å². The summed E-state index contributed by atoms with van der Waals surface area (Å²) in [6, 6.07) is 9.96. The van der Waals surface area contributed by atoms with Gasteiger partial charge in [-0.25, -0.2) is 18.4 Å². The lowest BCUT2D eigenvalue weighted by Crippen LogP contribution is -2.21. The Morgan fingerprint density at radius 1 is 1.09 bits per heavy atom. The fourth-order valence-corrected chi connectivity index (χ4v) is 4.16. The molecule has 3 aromatic heterocycles. The normalized spacial score (nSPS) is 11.8. The molecule has 3 N–H and O–H groups in total. The number of H-pyrrole nitrogens is 1. The lowest BCUT2D eigenvalue weighted by molar-refractivity contribution is 0.425. The third kappa shape index (κ3) is 4.68. The summed E-state index contributed by atoms with van der Waals surface area (Å²) in [6.07, 6.45) is 2.83. The van der Waals surface area contributed by atoms with E-state index in [1.54, 1.807) is 30.3 Å². The van der Waals surface area contributed by atoms with E-state index >= 15 is 0 Å². The largest absolute Gasteiger partial charge is 0.368 e. The van der Waals surface area contributed by atoms with Crippen molar-refractivity contribution in [3.63, 3.8) is 0 Å². The van der Waals surface area contributed by atoms with Crippen LogP contribution in [0.1, 0.15) is 5.69 Å². The number of sulfonamides is 1. The number of aromatic amines is 1. The summed E-state index contributed by atoms with van der Waals surface area (Å²) in [5.74, 6) is 1.22. The third-order valence-corrected chi connectivity index (χ3v) is 6.16. The monoisotopic (exact) mass is 452 g/mol. The van der Waals surface area contributed by atoms with E-state index in [2.05, 4.69) is 35.1 Å². The van der Waals surface area contributed by atoms with Gasteiger partial charge in [0.05, 0.1) is 11.1 Å². The van der Waals surface area contributed by atoms with Crippen molar-refractivity contribution >= 4 is 32.6 Å². The van der Waals surface area contributed by atoms with Crippen molar-refractivity contribution in [1.29, 1.82) is 0 Å². The van der Waals surface area contributed by atoms with Gasteiger partial charge in [-0.05, 0) is 57.4 Å². The number of hydrogen-bond acceptors (Lipinski definition) is 8. The first-order chi connectivity index (χ1) is 15.3. The topological polar surface area (TPSA) is 129 Å². The zero-order valence-electron chi connectivity index (χ0n) is 18.0. The molecule has 0 spiro atoms. The van der Waals surface area contributed by atoms with Crippen molar-refractivity contribution < 1.29 is 8.42 Å². The maximum absolute atomic E-state index is 12.5. The van der Waals surface area contributed by atoms with Crippen LogP contribution >= 0.6 is 0 Å². The number of anilines is 2. The summed E-state index contributed by atoms with van der Waals surface area (Å²) >= 11 is 0. The zero-order valence-corrected chi connectivity index (χ0v) is 18.8. The molecule has 0 amide bonds. The average Bonchev–Trinajstić information content (AvgIpc) is 3.15. The highest BCUT2D eigenvalue weighted by molar-refractivity contribution is 7.92. The van der Waals surface area contributed by atoms with Gasteiger partial charge in [0.2, 0.25) is 0 Å². The molecule has 0 saturated carbocycles. The Morgan fingerprint density at radius 2 is 1.88 bits per heavy atom. The Hall–Kier alpha value is -3.57. The summed E-state index contributed by atoms with van der Waals surface area (Å²) in [5.41, 5.74) is 2.64. The van der Waals surface area contributed by atoms with E-state index in [4.69, 9.17) is 4.98 Å². The number of aryl methyl sites for hydroxylation is 1. The Labute approximate surface area is 186 Å². The molecule has 0 saturated heterocycles. The molecule has 4 aromatic rings. The summed E-state index contributed by atoms with van der Waals surface area (Å²) in [4.78, 5) is 15.3. The predicted molar refractivity (Wildman–Crippen MR) is 124 cm³/mol. The highest BCUT2D eigenvalue weighted by Crippen LogP contribution is 2.27. The van der Waals surface area contributed by atoms with Gasteiger partial charge in [-0.15, -0.1) is 0 Å². The predicted octanol–water partition coefficient (Wildman–Crippen LogP) is 2.50. The number of likely N-dealkylation sites (N-methyl/N-ethyl adjacent to an activating group) is 1. The van der Waals surface area contributed by atoms with Crippen LogP contribution in [0.4, 0.5) is 11.5 Å². The lowest BCUT2D eigenvalue weighted by atomic mass is 10.2. The van der Waals surface area contributed by atoms with Crippen molar-refractivity contribution in [2.75, 3.05) is 37.2 Å². The van der Waals surface area contributed by atoms with Gasteiger partial charge >= 0.3 is 0 Å². The van der Waals surface area contributed by atoms with Crippen LogP contribution < -0.4 is 10.0 Å². The Morgan fingerprint density at radius 3 is 2.56 bits per heavy atom. The Kier molecular flexibility index (Phi) is 6.01. The van der Waals surface area contributed by atoms with E-state index in [0.717, 1.165) is 29.7 Å². The van der Waals surface area contributed by atoms with Crippen LogP contribution in [0, 0.1) is 6.92 Å². The van der Waals surface area contributed by atoms with Gasteiger partial charge in [-0.2, -0.15) is 5.10 Å². The minimum Gasteiger partial charge on any atom is -0.368 e. The molecular formula is C21H24N8O2S. The second kappa shape index (κ2) is 8.89. The number of fused-ring (bicyclic) bond motifs is 1. The molecule has 0 unspecified atom stereocenters. The summed E-state index contributed by atoms with van der Waals surface area (Å²) < 4.78 is 27.6. The van der Waals surface area contributed by atoms with Crippen LogP contribution in [0.25, 0.3) is 22.4 Å². The number of pyridine rings is 1. The first-order valence-corrected chi connectivity index (χ1v) is 11.5. The van der Waals surface area contributed by atoms with Gasteiger partial charge in [0.1, 0.15) is 10.7 Å². The van der Waals surface area contributed by atoms with Crippen LogP contribution in [0.5, 0.6) is 0 Å². The molecule has 0 aliphatic carbocycles. The summed E-state index contributed by atoms with van der Waals surface area (Å²) in [7, 11) is 0.308. The smallest absolute Gasteiger partial charge is 0.263 e. The molecule has 0 bridgehead atoms. The molecule has 11 heteroatoms. The molecule has 0 radical (unpaired) electrons. The highest BCUT2D eigenvalue weighted by Gasteiger charge is 2.16. The highest BCUT2D eigenvalue weighted by atomic mass is 32.2. The zero-order chi connectivity index (χ0) is 22.7. The average molecular weight is 453 g/mol. The van der Waals surface area contributed by atoms with E-state index in [0.29, 0.717) is 23.0 Å². The van der Waals surface area contributed by atoms with Gasteiger partial charge in [-0.3, -0.25) is 14.8 Å². The fourth-order valence-electron chi connectivity index (χ4n) is 3.14. The van der Waals surface area contributed by atoms with Gasteiger partial charge in [0.25, 0.3) is 10.0 Å². The second-order valence-electron chi connectivity index (χ2n) is 7.53. The minimum atomic E-state index is -3.71. The van der Waals surface area contributed by atoms with E-state index in [9.17, 15) is 8.42 Å². The Balaban J connectivity index is 1.60. The first kappa shape index (κ1) is 21.7. The maximum Gasteiger partial charge on any atom is 0.263 e. The first-order valence-electron chi connectivity index (χ1n) is 9.98. The number of rotatable bonds is 8. The van der Waals surface area contributed by atoms with Crippen LogP contribution in [-0.2, 0) is 10.0 Å². The van der Waals surface area contributed by atoms with Crippen LogP contribution in [0.15, 0.2) is 53.7 Å². The molecule has 0 aliphatic rings. The Bertz CT molecular complexity index is 1320. The number of aromatic nitrogens is 5. The molecule has 0 aliphatic heterocycles. The molecular weight excluding hydrogens is 428 g/mol. The number of nitrogens with zero attached hydrogens (tertiary/aromatic N) is 5. The van der Waals surface area contributed by atoms with Crippen molar-refractivity contribution in [3.8, 4) is 11.4 Å². The van der Waals surface area contributed by atoms with Crippen LogP contribution in [0.3, 0.4) is 0 Å². The number of nitrogens with one attached hydrogen (secondary N) is 3.